The third-order valence-corrected chi connectivity index (χ3v) is 8.53. The van der Waals surface area contributed by atoms with Gasteiger partial charge < -0.3 is 23.5 Å². The molecule has 3 aromatic rings. The molecule has 37 heavy (non-hydrogen) atoms. The monoisotopic (exact) mass is 551 g/mol. The number of hydrogen-bond donors (Lipinski definition) is 0. The highest BCUT2D eigenvalue weighted by Crippen LogP contribution is 2.23. The van der Waals surface area contributed by atoms with Crippen molar-refractivity contribution in [2.75, 3.05) is 60.8 Å². The first-order valence-electron chi connectivity index (χ1n) is 11.8. The third kappa shape index (κ3) is 7.24. The molecule has 1 aromatic heterocycles. The van der Waals surface area contributed by atoms with Crippen LogP contribution in [0.25, 0.3) is 10.2 Å². The van der Waals surface area contributed by atoms with Gasteiger partial charge in [-0.3, -0.25) is 4.79 Å². The minimum absolute atomic E-state index is 0.0805. The van der Waals surface area contributed by atoms with E-state index in [2.05, 4.69) is 4.99 Å². The van der Waals surface area contributed by atoms with Crippen molar-refractivity contribution in [3.63, 3.8) is 0 Å². The van der Waals surface area contributed by atoms with E-state index in [9.17, 15) is 13.2 Å². The smallest absolute Gasteiger partial charge is 0.279 e. The lowest BCUT2D eigenvalue weighted by Gasteiger charge is -2.21. The van der Waals surface area contributed by atoms with Gasteiger partial charge in [-0.05, 0) is 49.4 Å². The van der Waals surface area contributed by atoms with Gasteiger partial charge in [0.15, 0.2) is 4.80 Å². The molecule has 0 unspecified atom stereocenters. The summed E-state index contributed by atoms with van der Waals surface area (Å²) in [6, 6.07) is 11.5. The number of methoxy groups -OCH3 is 3. The Hall–Kier alpha value is -2.61. The van der Waals surface area contributed by atoms with Crippen LogP contribution in [0.1, 0.15) is 17.3 Å². The van der Waals surface area contributed by atoms with E-state index in [4.69, 9.17) is 18.9 Å². The van der Waals surface area contributed by atoms with Gasteiger partial charge in [0.2, 0.25) is 10.0 Å². The van der Waals surface area contributed by atoms with Gasteiger partial charge in [0.05, 0.1) is 42.0 Å². The van der Waals surface area contributed by atoms with Gasteiger partial charge in [-0.1, -0.05) is 11.3 Å². The predicted octanol–water partition coefficient (Wildman–Crippen LogP) is 2.77. The maximum absolute atomic E-state index is 13.1. The number of carbonyl (C=O) groups is 1. The Kier molecular flexibility index (Phi) is 10.8. The number of fused-ring (bicyclic) bond motifs is 1. The van der Waals surface area contributed by atoms with Crippen LogP contribution in [0.5, 0.6) is 5.75 Å². The first-order chi connectivity index (χ1) is 17.8. The van der Waals surface area contributed by atoms with Gasteiger partial charge in [0, 0.05) is 46.0 Å². The second kappa shape index (κ2) is 13.8. The Morgan fingerprint density at radius 3 is 2.27 bits per heavy atom. The average molecular weight is 552 g/mol. The number of carbonyl (C=O) groups excluding carboxylic acids is 1. The first-order valence-corrected chi connectivity index (χ1v) is 14.0. The summed E-state index contributed by atoms with van der Waals surface area (Å²) >= 11 is 1.37. The fourth-order valence-electron chi connectivity index (χ4n) is 3.59. The molecule has 3 rings (SSSR count). The van der Waals surface area contributed by atoms with E-state index >= 15 is 0 Å². The van der Waals surface area contributed by atoms with Gasteiger partial charge in [-0.15, -0.1) is 0 Å². The molecule has 0 radical (unpaired) electrons. The van der Waals surface area contributed by atoms with E-state index in [0.717, 1.165) is 10.2 Å². The Morgan fingerprint density at radius 2 is 1.68 bits per heavy atom. The Morgan fingerprint density at radius 1 is 1.00 bits per heavy atom. The number of ether oxygens (including phenoxy) is 4. The summed E-state index contributed by atoms with van der Waals surface area (Å²) < 4.78 is 51.3. The predicted molar refractivity (Wildman–Crippen MR) is 142 cm³/mol. The van der Waals surface area contributed by atoms with E-state index in [1.165, 1.54) is 54.1 Å². The molecule has 0 fully saturated rings. The molecule has 0 aliphatic heterocycles. The lowest BCUT2D eigenvalue weighted by Crippen LogP contribution is -2.36. The zero-order valence-electron chi connectivity index (χ0n) is 21.5. The van der Waals surface area contributed by atoms with Crippen molar-refractivity contribution in [1.82, 2.24) is 8.87 Å². The first kappa shape index (κ1) is 29.0. The highest BCUT2D eigenvalue weighted by molar-refractivity contribution is 7.89. The van der Waals surface area contributed by atoms with Crippen LogP contribution in [0, 0.1) is 0 Å². The maximum atomic E-state index is 13.1. The van der Waals surface area contributed by atoms with Crippen LogP contribution in [-0.4, -0.2) is 84.0 Å². The fourth-order valence-corrected chi connectivity index (χ4v) is 6.08. The molecule has 1 heterocycles. The molecule has 202 valence electrons. The summed E-state index contributed by atoms with van der Waals surface area (Å²) in [5, 5.41) is 0. The number of amides is 1. The number of thiazole rings is 1. The number of nitrogens with zero attached hydrogens (tertiary/aromatic N) is 3. The quantitative estimate of drug-likeness (QED) is 0.284. The zero-order valence-corrected chi connectivity index (χ0v) is 23.1. The van der Waals surface area contributed by atoms with Crippen molar-refractivity contribution < 1.29 is 32.2 Å². The summed E-state index contributed by atoms with van der Waals surface area (Å²) in [6.07, 6.45) is 0. The van der Waals surface area contributed by atoms with Gasteiger partial charge >= 0.3 is 0 Å². The lowest BCUT2D eigenvalue weighted by molar-refractivity contribution is 0.0996. The summed E-state index contributed by atoms with van der Waals surface area (Å²) in [4.78, 5) is 18.0. The van der Waals surface area contributed by atoms with Crippen molar-refractivity contribution in [3.8, 4) is 5.75 Å². The van der Waals surface area contributed by atoms with E-state index in [-0.39, 0.29) is 36.8 Å². The second-order valence-corrected chi connectivity index (χ2v) is 10.8. The number of benzene rings is 2. The zero-order chi connectivity index (χ0) is 26.8. The minimum atomic E-state index is -3.79. The second-order valence-electron chi connectivity index (χ2n) is 7.90. The van der Waals surface area contributed by atoms with E-state index < -0.39 is 15.9 Å². The highest BCUT2D eigenvalue weighted by Gasteiger charge is 2.24. The van der Waals surface area contributed by atoms with Gasteiger partial charge in [-0.25, -0.2) is 8.42 Å². The molecular weight excluding hydrogens is 518 g/mol. The lowest BCUT2D eigenvalue weighted by atomic mass is 10.2. The molecule has 0 N–H and O–H groups in total. The molecule has 0 saturated heterocycles. The molecule has 1 amide bonds. The molecule has 0 atom stereocenters. The maximum Gasteiger partial charge on any atom is 0.279 e. The van der Waals surface area contributed by atoms with Crippen LogP contribution in [0.15, 0.2) is 52.4 Å². The largest absolute Gasteiger partial charge is 0.497 e. The molecular formula is C25H33N3O7S2. The van der Waals surface area contributed by atoms with Crippen LogP contribution >= 0.6 is 11.3 Å². The van der Waals surface area contributed by atoms with E-state index in [1.54, 1.807) is 7.11 Å². The SMILES string of the molecule is CCOCCn1c(=NC(=O)c2ccc(S(=O)(=O)N(CCOC)CCOC)cc2)sc2cc(OC)ccc21. The van der Waals surface area contributed by atoms with Gasteiger partial charge in [0.1, 0.15) is 5.75 Å². The minimum Gasteiger partial charge on any atom is -0.497 e. The van der Waals surface area contributed by atoms with E-state index in [1.807, 2.05) is 29.7 Å². The Balaban J connectivity index is 1.91. The third-order valence-electron chi connectivity index (χ3n) is 5.58. The van der Waals surface area contributed by atoms with Gasteiger partial charge in [0.25, 0.3) is 5.91 Å². The van der Waals surface area contributed by atoms with Crippen molar-refractivity contribution >= 4 is 37.5 Å². The number of hydrogen-bond acceptors (Lipinski definition) is 8. The molecule has 0 bridgehead atoms. The summed E-state index contributed by atoms with van der Waals surface area (Å²) in [7, 11) is 0.840. The molecule has 12 heteroatoms. The molecule has 0 spiro atoms. The average Bonchev–Trinajstić information content (AvgIpc) is 3.24. The van der Waals surface area contributed by atoms with Gasteiger partial charge in [-0.2, -0.15) is 9.30 Å². The molecule has 0 aliphatic carbocycles. The number of rotatable bonds is 14. The summed E-state index contributed by atoms with van der Waals surface area (Å²) in [5.74, 6) is 0.244. The topological polar surface area (TPSA) is 109 Å². The van der Waals surface area contributed by atoms with Crippen LogP contribution in [0.2, 0.25) is 0 Å². The normalized spacial score (nSPS) is 12.5. The number of aromatic nitrogens is 1. The number of sulfonamides is 1. The Labute approximate surface area is 221 Å². The van der Waals surface area contributed by atoms with Crippen molar-refractivity contribution in [2.24, 2.45) is 4.99 Å². The van der Waals surface area contributed by atoms with Crippen LogP contribution in [-0.2, 0) is 30.8 Å². The van der Waals surface area contributed by atoms with Crippen LogP contribution < -0.4 is 9.54 Å². The highest BCUT2D eigenvalue weighted by atomic mass is 32.2. The summed E-state index contributed by atoms with van der Waals surface area (Å²) in [5.41, 5.74) is 1.20. The van der Waals surface area contributed by atoms with Crippen molar-refractivity contribution in [3.05, 3.63) is 52.8 Å². The van der Waals surface area contributed by atoms with Crippen molar-refractivity contribution in [2.45, 2.75) is 18.4 Å². The van der Waals surface area contributed by atoms with Crippen molar-refractivity contribution in [1.29, 1.82) is 0 Å². The summed E-state index contributed by atoms with van der Waals surface area (Å²) in [6.45, 7) is 4.41. The Bertz CT molecular complexity index is 1340. The van der Waals surface area contributed by atoms with Crippen LogP contribution in [0.4, 0.5) is 0 Å². The molecule has 0 saturated carbocycles. The molecule has 0 aliphatic rings. The molecule has 10 nitrogen and oxygen atoms in total. The van der Waals surface area contributed by atoms with Crippen LogP contribution in [0.3, 0.4) is 0 Å². The fraction of sp³-hybridized carbons (Fsp3) is 0.440. The van der Waals surface area contributed by atoms with E-state index in [0.29, 0.717) is 30.3 Å². The molecule has 2 aromatic carbocycles. The standard InChI is InChI=1S/C25H33N3O7S2/c1-5-35-17-14-28-22-11-8-20(34-4)18-23(22)36-25(28)26-24(29)19-6-9-21(10-7-19)37(30,31)27(12-15-32-2)13-16-33-3/h6-11,18H,5,12-17H2,1-4H3.